The van der Waals surface area contributed by atoms with Crippen molar-refractivity contribution in [2.24, 2.45) is 0 Å². The molecule has 0 bridgehead atoms. The van der Waals surface area contributed by atoms with E-state index in [1.54, 1.807) is 0 Å². The molecule has 8 N–H and O–H groups in total. The number of rotatable bonds is 8. The maximum Gasteiger partial charge on any atom is 0.303 e. The molecule has 3 aliphatic heterocycles. The van der Waals surface area contributed by atoms with Crippen molar-refractivity contribution < 1.29 is 78.8 Å². The molecule has 0 amide bonds. The number of carbonyl (C=O) groups excluding carboxylic acids is 1. The van der Waals surface area contributed by atoms with Crippen LogP contribution in [0.5, 0.6) is 0 Å². The van der Waals surface area contributed by atoms with Gasteiger partial charge in [-0.3, -0.25) is 4.79 Å². The normalized spacial score (nSPS) is 49.0. The summed E-state index contributed by atoms with van der Waals surface area (Å²) in [6.45, 7) is 1.41. The van der Waals surface area contributed by atoms with E-state index in [9.17, 15) is 45.6 Å². The van der Waals surface area contributed by atoms with Crippen LogP contribution in [0.15, 0.2) is 0 Å². The zero-order chi connectivity index (χ0) is 27.6. The van der Waals surface area contributed by atoms with Crippen molar-refractivity contribution in [3.05, 3.63) is 0 Å². The zero-order valence-corrected chi connectivity index (χ0v) is 20.4. The van der Waals surface area contributed by atoms with E-state index < -0.39 is 111 Å². The highest BCUT2D eigenvalue weighted by molar-refractivity contribution is 5.66. The summed E-state index contributed by atoms with van der Waals surface area (Å²) in [5.74, 6) is -0.721. The molecule has 3 aliphatic rings. The first kappa shape index (κ1) is 30.5. The molecule has 3 rings (SSSR count). The third kappa shape index (κ3) is 6.56. The molecule has 0 aromatic carbocycles. The average Bonchev–Trinajstić information content (AvgIpc) is 2.85. The summed E-state index contributed by atoms with van der Waals surface area (Å²) < 4.78 is 37.9. The van der Waals surface area contributed by atoms with Crippen LogP contribution in [0.25, 0.3) is 0 Å². The molecule has 1 unspecified atom stereocenters. The Morgan fingerprint density at radius 1 is 0.757 bits per heavy atom. The summed E-state index contributed by atoms with van der Waals surface area (Å²) in [6.07, 6.45) is -21.8. The molecular weight excluding hydrogens is 508 g/mol. The molecule has 15 atom stereocenters. The molecule has 16 heteroatoms. The largest absolute Gasteiger partial charge is 0.454 e. The molecule has 0 radical (unpaired) electrons. The number of carbonyl (C=O) groups is 1. The second-order valence-electron chi connectivity index (χ2n) is 9.15. The Kier molecular flexibility index (Phi) is 10.6. The highest BCUT2D eigenvalue weighted by Gasteiger charge is 2.52. The van der Waals surface area contributed by atoms with Crippen LogP contribution < -0.4 is 0 Å². The van der Waals surface area contributed by atoms with Gasteiger partial charge in [0.25, 0.3) is 0 Å². The van der Waals surface area contributed by atoms with Crippen LogP contribution in [-0.2, 0) is 38.0 Å². The fourth-order valence-corrected chi connectivity index (χ4v) is 4.48. The van der Waals surface area contributed by atoms with Gasteiger partial charge in [0, 0.05) is 14.0 Å². The molecule has 216 valence electrons. The van der Waals surface area contributed by atoms with Crippen LogP contribution in [0, 0.1) is 0 Å². The summed E-state index contributed by atoms with van der Waals surface area (Å²) in [5, 5.41) is 80.7. The van der Waals surface area contributed by atoms with Gasteiger partial charge in [-0.05, 0) is 6.92 Å². The van der Waals surface area contributed by atoms with E-state index >= 15 is 0 Å². The van der Waals surface area contributed by atoms with E-state index in [0.717, 1.165) is 6.92 Å². The average molecular weight is 545 g/mol. The Labute approximate surface area is 211 Å². The van der Waals surface area contributed by atoms with Crippen LogP contribution in [-0.4, -0.2) is 159 Å². The first-order valence-electron chi connectivity index (χ1n) is 11.7. The molecule has 37 heavy (non-hydrogen) atoms. The molecule has 16 nitrogen and oxygen atoms in total. The first-order chi connectivity index (χ1) is 17.4. The monoisotopic (exact) mass is 544 g/mol. The molecule has 3 heterocycles. The number of hydrogen-bond acceptors (Lipinski definition) is 16. The van der Waals surface area contributed by atoms with Gasteiger partial charge >= 0.3 is 5.97 Å². The van der Waals surface area contributed by atoms with Gasteiger partial charge in [-0.1, -0.05) is 0 Å². The van der Waals surface area contributed by atoms with Crippen molar-refractivity contribution in [2.45, 2.75) is 106 Å². The molecule has 0 aliphatic carbocycles. The number of esters is 1. The topological polar surface area (TPSA) is 244 Å². The Morgan fingerprint density at radius 2 is 1.32 bits per heavy atom. The minimum Gasteiger partial charge on any atom is -0.454 e. The predicted molar refractivity (Wildman–Crippen MR) is 114 cm³/mol. The van der Waals surface area contributed by atoms with Crippen molar-refractivity contribution in [1.82, 2.24) is 0 Å². The van der Waals surface area contributed by atoms with E-state index in [1.165, 1.54) is 14.0 Å². The lowest BCUT2D eigenvalue weighted by atomic mass is 9.97. The number of ether oxygens (including phenoxy) is 7. The van der Waals surface area contributed by atoms with Crippen LogP contribution in [0.3, 0.4) is 0 Å². The minimum atomic E-state index is -1.78. The Hall–Kier alpha value is -1.09. The minimum absolute atomic E-state index is 0.549. The van der Waals surface area contributed by atoms with E-state index in [0.29, 0.717) is 0 Å². The van der Waals surface area contributed by atoms with Gasteiger partial charge in [-0.25, -0.2) is 0 Å². The van der Waals surface area contributed by atoms with E-state index in [1.807, 2.05) is 0 Å². The zero-order valence-electron chi connectivity index (χ0n) is 20.4. The van der Waals surface area contributed by atoms with Gasteiger partial charge in [-0.15, -0.1) is 0 Å². The number of hydrogen-bond donors (Lipinski definition) is 8. The van der Waals surface area contributed by atoms with Gasteiger partial charge in [0.05, 0.1) is 19.3 Å². The highest BCUT2D eigenvalue weighted by atomic mass is 16.7. The molecule has 0 spiro atoms. The standard InChI is InChI=1S/C21H36O16/c1-6-16(17(31-3)18(19(30)33-6)34-7(2)23)37-21-15(29)13(27)11(25)9(36-21)5-32-20-14(28)12(26)10(24)8(4-22)35-20/h6,8-22,24-30H,4-5H2,1-3H3/t6-,8+,9+,10+,11+,12-,13-,14+,15+,16-,17+,18-,19?,20+,21-/m0/s1. The van der Waals surface area contributed by atoms with Crippen molar-refractivity contribution in [1.29, 1.82) is 0 Å². The maximum absolute atomic E-state index is 11.5. The van der Waals surface area contributed by atoms with Crippen LogP contribution >= 0.6 is 0 Å². The lowest BCUT2D eigenvalue weighted by Crippen LogP contribution is -2.64. The van der Waals surface area contributed by atoms with Crippen LogP contribution in [0.1, 0.15) is 13.8 Å². The van der Waals surface area contributed by atoms with Crippen molar-refractivity contribution in [3.8, 4) is 0 Å². The lowest BCUT2D eigenvalue weighted by Gasteiger charge is -2.46. The third-order valence-corrected chi connectivity index (χ3v) is 6.55. The Balaban J connectivity index is 1.70. The molecule has 3 saturated heterocycles. The lowest BCUT2D eigenvalue weighted by molar-refractivity contribution is -0.360. The second-order valence-corrected chi connectivity index (χ2v) is 9.15. The fourth-order valence-electron chi connectivity index (χ4n) is 4.48. The highest BCUT2D eigenvalue weighted by Crippen LogP contribution is 2.31. The Bertz CT molecular complexity index is 739. The number of aliphatic hydroxyl groups is 8. The second kappa shape index (κ2) is 12.8. The quantitative estimate of drug-likeness (QED) is 0.133. The van der Waals surface area contributed by atoms with E-state index in [4.69, 9.17) is 33.2 Å². The van der Waals surface area contributed by atoms with Crippen molar-refractivity contribution in [3.63, 3.8) is 0 Å². The van der Waals surface area contributed by atoms with Gasteiger partial charge in [0.15, 0.2) is 25.0 Å². The first-order valence-corrected chi connectivity index (χ1v) is 11.7. The molecule has 3 fully saturated rings. The smallest absolute Gasteiger partial charge is 0.303 e. The third-order valence-electron chi connectivity index (χ3n) is 6.55. The summed E-state index contributed by atoms with van der Waals surface area (Å²) in [4.78, 5) is 11.5. The molecule has 0 saturated carbocycles. The van der Waals surface area contributed by atoms with Crippen molar-refractivity contribution in [2.75, 3.05) is 20.3 Å². The van der Waals surface area contributed by atoms with Crippen LogP contribution in [0.4, 0.5) is 0 Å². The maximum atomic E-state index is 11.5. The van der Waals surface area contributed by atoms with Crippen LogP contribution in [0.2, 0.25) is 0 Å². The van der Waals surface area contributed by atoms with Gasteiger partial charge < -0.3 is 74.0 Å². The number of aliphatic hydroxyl groups excluding tert-OH is 8. The SMILES string of the molecule is CO[C@@H]1[C@@H](O[C@@H]2O[C@H](CO[C@@H]3O[C@H](CO)[C@@H](O)[C@H](O)[C@H]3O)[C@@H](O)[C@H](O)[C@H]2O)[C@H](C)OC(O)[C@H]1OC(C)=O. The molecular formula is C21H36O16. The van der Waals surface area contributed by atoms with E-state index in [-0.39, 0.29) is 0 Å². The summed E-state index contributed by atoms with van der Waals surface area (Å²) >= 11 is 0. The Morgan fingerprint density at radius 3 is 1.89 bits per heavy atom. The predicted octanol–water partition coefficient (Wildman–Crippen LogP) is -5.32. The van der Waals surface area contributed by atoms with Gasteiger partial charge in [0.1, 0.15) is 61.0 Å². The number of methoxy groups -OCH3 is 1. The van der Waals surface area contributed by atoms with Gasteiger partial charge in [-0.2, -0.15) is 0 Å². The fraction of sp³-hybridized carbons (Fsp3) is 0.952. The molecule has 0 aromatic rings. The summed E-state index contributed by atoms with van der Waals surface area (Å²) in [6, 6.07) is 0. The molecule has 0 aromatic heterocycles. The summed E-state index contributed by atoms with van der Waals surface area (Å²) in [7, 11) is 1.27. The van der Waals surface area contributed by atoms with Gasteiger partial charge in [0.2, 0.25) is 0 Å². The van der Waals surface area contributed by atoms with E-state index in [2.05, 4.69) is 0 Å². The summed E-state index contributed by atoms with van der Waals surface area (Å²) in [5.41, 5.74) is 0. The van der Waals surface area contributed by atoms with Crippen molar-refractivity contribution >= 4 is 5.97 Å².